The Bertz CT molecular complexity index is 1170. The van der Waals surface area contributed by atoms with Crippen LogP contribution < -0.4 is 0 Å². The molecule has 1 aliphatic heterocycles. The van der Waals surface area contributed by atoms with Crippen molar-refractivity contribution >= 4 is 28.2 Å². The van der Waals surface area contributed by atoms with Gasteiger partial charge in [0.25, 0.3) is 5.91 Å². The average molecular weight is 410 g/mol. The van der Waals surface area contributed by atoms with Crippen LogP contribution in [-0.2, 0) is 12.1 Å². The molecule has 0 saturated carbocycles. The molecule has 4 aromatic rings. The Morgan fingerprint density at radius 2 is 2.17 bits per heavy atom. The van der Waals surface area contributed by atoms with Crippen molar-refractivity contribution in [2.24, 2.45) is 0 Å². The number of carbonyl (C=O) groups is 1. The third-order valence-electron chi connectivity index (χ3n) is 5.12. The second kappa shape index (κ2) is 6.52. The summed E-state index contributed by atoms with van der Waals surface area (Å²) in [6.45, 7) is 3.38. The normalized spacial score (nSPS) is 16.9. The fourth-order valence-electron chi connectivity index (χ4n) is 3.71. The number of furan rings is 1. The van der Waals surface area contributed by atoms with E-state index in [1.165, 1.54) is 20.0 Å². The van der Waals surface area contributed by atoms with Crippen LogP contribution >= 0.6 is 11.3 Å². The molecule has 1 N–H and O–H groups in total. The number of aromatic amines is 1. The number of amides is 1. The molecule has 0 radical (unpaired) electrons. The number of para-hydroxylation sites is 1. The fraction of sp³-hybridized carbons (Fsp3) is 0.286. The van der Waals surface area contributed by atoms with Gasteiger partial charge in [-0.25, -0.2) is 14.4 Å². The van der Waals surface area contributed by atoms with Crippen molar-refractivity contribution in [2.45, 2.75) is 32.0 Å². The summed E-state index contributed by atoms with van der Waals surface area (Å²) >= 11 is 1.09. The van der Waals surface area contributed by atoms with Crippen LogP contribution in [0.15, 0.2) is 47.3 Å². The quantitative estimate of drug-likeness (QED) is 0.535. The van der Waals surface area contributed by atoms with E-state index in [-0.39, 0.29) is 5.91 Å². The number of thiazole rings is 1. The van der Waals surface area contributed by atoms with Gasteiger partial charge in [0.2, 0.25) is 0 Å². The highest BCUT2D eigenvalue weighted by Gasteiger charge is 2.37. The molecule has 0 bridgehead atoms. The first-order valence-corrected chi connectivity index (χ1v) is 10.2. The number of benzene rings is 1. The van der Waals surface area contributed by atoms with Gasteiger partial charge in [0, 0.05) is 24.0 Å². The molecule has 4 heterocycles. The van der Waals surface area contributed by atoms with Gasteiger partial charge in [-0.15, -0.1) is 11.3 Å². The highest BCUT2D eigenvalue weighted by Crippen LogP contribution is 2.38. The van der Waals surface area contributed by atoms with E-state index in [9.17, 15) is 9.18 Å². The van der Waals surface area contributed by atoms with Gasteiger partial charge in [0.1, 0.15) is 27.3 Å². The summed E-state index contributed by atoms with van der Waals surface area (Å²) in [6.07, 6.45) is 3.77. The molecule has 8 heteroatoms. The van der Waals surface area contributed by atoms with E-state index in [0.717, 1.165) is 33.7 Å². The van der Waals surface area contributed by atoms with Crippen molar-refractivity contribution in [2.75, 3.05) is 6.54 Å². The van der Waals surface area contributed by atoms with Crippen LogP contribution in [0.3, 0.4) is 0 Å². The lowest BCUT2D eigenvalue weighted by Gasteiger charge is -2.33. The zero-order valence-electron chi connectivity index (χ0n) is 16.0. The van der Waals surface area contributed by atoms with E-state index in [4.69, 9.17) is 4.42 Å². The van der Waals surface area contributed by atoms with Gasteiger partial charge in [-0.2, -0.15) is 0 Å². The van der Waals surface area contributed by atoms with Crippen molar-refractivity contribution in [3.63, 3.8) is 0 Å². The van der Waals surface area contributed by atoms with E-state index in [1.54, 1.807) is 11.2 Å². The van der Waals surface area contributed by atoms with Gasteiger partial charge < -0.3 is 14.3 Å². The number of carbonyl (C=O) groups excluding carboxylic acids is 1. The molecule has 5 rings (SSSR count). The number of fused-ring (bicyclic) bond motifs is 2. The average Bonchev–Trinajstić information content (AvgIpc) is 3.44. The third kappa shape index (κ3) is 3.04. The van der Waals surface area contributed by atoms with Gasteiger partial charge in [-0.3, -0.25) is 4.79 Å². The van der Waals surface area contributed by atoms with Gasteiger partial charge in [0.15, 0.2) is 5.67 Å². The number of hydrogen-bond donors (Lipinski definition) is 1. The molecule has 3 aromatic heterocycles. The van der Waals surface area contributed by atoms with Gasteiger partial charge in [-0.1, -0.05) is 18.2 Å². The predicted molar refractivity (Wildman–Crippen MR) is 108 cm³/mol. The van der Waals surface area contributed by atoms with Gasteiger partial charge in [0.05, 0.1) is 18.2 Å². The molecule has 0 aliphatic carbocycles. The Morgan fingerprint density at radius 1 is 1.34 bits per heavy atom. The Labute approximate surface area is 170 Å². The van der Waals surface area contributed by atoms with E-state index in [0.29, 0.717) is 28.6 Å². The van der Waals surface area contributed by atoms with Crippen molar-refractivity contribution in [1.29, 1.82) is 0 Å². The highest BCUT2D eigenvalue weighted by molar-refractivity contribution is 7.13. The predicted octanol–water partition coefficient (Wildman–Crippen LogP) is 4.60. The summed E-state index contributed by atoms with van der Waals surface area (Å²) in [5, 5.41) is 1.26. The maximum Gasteiger partial charge on any atom is 0.266 e. The van der Waals surface area contributed by atoms with Crippen LogP contribution in [0, 0.1) is 0 Å². The van der Waals surface area contributed by atoms with Crippen molar-refractivity contribution in [3.05, 3.63) is 69.9 Å². The molecule has 0 fully saturated rings. The highest BCUT2D eigenvalue weighted by atomic mass is 32.1. The summed E-state index contributed by atoms with van der Waals surface area (Å²) in [5.74, 6) is 0.459. The van der Waals surface area contributed by atoms with Gasteiger partial charge in [-0.05, 0) is 26.0 Å². The van der Waals surface area contributed by atoms with Crippen LogP contribution in [0.4, 0.5) is 4.39 Å². The largest absolute Gasteiger partial charge is 0.458 e. The Morgan fingerprint density at radius 3 is 2.93 bits per heavy atom. The molecule has 148 valence electrons. The Hall–Kier alpha value is -3.00. The smallest absolute Gasteiger partial charge is 0.266 e. The maximum absolute atomic E-state index is 14.2. The lowest BCUT2D eigenvalue weighted by Crippen LogP contribution is -2.40. The van der Waals surface area contributed by atoms with Crippen molar-refractivity contribution in [1.82, 2.24) is 19.9 Å². The minimum Gasteiger partial charge on any atom is -0.458 e. The van der Waals surface area contributed by atoms with E-state index in [2.05, 4.69) is 15.0 Å². The zero-order chi connectivity index (χ0) is 20.2. The van der Waals surface area contributed by atoms with Crippen LogP contribution in [0.25, 0.3) is 11.0 Å². The standard InChI is InChI=1S/C21H19FN4O2S/c1-21(2,22)20-23-10-16(29-20)19(27)26-8-7-13-17(25-11-24-13)18(26)15-9-12-5-3-4-6-14(12)28-15/h3-6,9-11,18H,7-8H2,1-2H3,(H,24,25)/t18-/m1/s1. The van der Waals surface area contributed by atoms with Crippen LogP contribution in [0.1, 0.15) is 51.7 Å². The molecule has 0 saturated heterocycles. The monoisotopic (exact) mass is 410 g/mol. The van der Waals surface area contributed by atoms with Crippen LogP contribution in [-0.4, -0.2) is 32.3 Å². The number of H-pyrrole nitrogens is 1. The number of halogens is 1. The number of aromatic nitrogens is 3. The number of rotatable bonds is 3. The van der Waals surface area contributed by atoms with E-state index in [1.807, 2.05) is 30.3 Å². The molecule has 0 unspecified atom stereocenters. The Kier molecular flexibility index (Phi) is 4.06. The molecule has 1 amide bonds. The summed E-state index contributed by atoms with van der Waals surface area (Å²) in [5.41, 5.74) is 0.948. The number of imidazole rings is 1. The minimum atomic E-state index is -1.58. The molecular formula is C21H19FN4O2S. The Balaban J connectivity index is 1.57. The molecule has 1 aliphatic rings. The van der Waals surface area contributed by atoms with E-state index < -0.39 is 11.7 Å². The number of hydrogen-bond acceptors (Lipinski definition) is 5. The molecule has 6 nitrogen and oxygen atoms in total. The number of alkyl halides is 1. The van der Waals surface area contributed by atoms with Crippen LogP contribution in [0.2, 0.25) is 0 Å². The second-order valence-electron chi connectivity index (χ2n) is 7.61. The molecule has 1 atom stereocenters. The lowest BCUT2D eigenvalue weighted by atomic mass is 10.00. The topological polar surface area (TPSA) is 75.0 Å². The summed E-state index contributed by atoms with van der Waals surface area (Å²) < 4.78 is 20.3. The summed E-state index contributed by atoms with van der Waals surface area (Å²) in [7, 11) is 0. The number of nitrogens with one attached hydrogen (secondary N) is 1. The second-order valence-corrected chi connectivity index (χ2v) is 8.64. The fourth-order valence-corrected chi connectivity index (χ4v) is 4.58. The maximum atomic E-state index is 14.2. The lowest BCUT2D eigenvalue weighted by molar-refractivity contribution is 0.0677. The minimum absolute atomic E-state index is 0.197. The first-order valence-electron chi connectivity index (χ1n) is 9.38. The van der Waals surface area contributed by atoms with E-state index >= 15 is 0 Å². The third-order valence-corrected chi connectivity index (χ3v) is 6.41. The molecule has 1 aromatic carbocycles. The summed E-state index contributed by atoms with van der Waals surface area (Å²) in [4.78, 5) is 27.3. The molecule has 29 heavy (non-hydrogen) atoms. The number of nitrogens with zero attached hydrogens (tertiary/aromatic N) is 3. The molecular weight excluding hydrogens is 391 g/mol. The van der Waals surface area contributed by atoms with Crippen LogP contribution in [0.5, 0.6) is 0 Å². The molecule has 0 spiro atoms. The SMILES string of the molecule is CC(C)(F)c1ncc(C(=O)N2CCc3[nH]cnc3[C@H]2c2cc3ccccc3o2)s1. The van der Waals surface area contributed by atoms with Crippen molar-refractivity contribution < 1.29 is 13.6 Å². The first kappa shape index (κ1) is 18.1. The van der Waals surface area contributed by atoms with Crippen molar-refractivity contribution in [3.8, 4) is 0 Å². The van der Waals surface area contributed by atoms with Gasteiger partial charge >= 0.3 is 0 Å². The zero-order valence-corrected chi connectivity index (χ0v) is 16.8. The summed E-state index contributed by atoms with van der Waals surface area (Å²) in [6, 6.07) is 9.24. The first-order chi connectivity index (χ1) is 13.9.